The lowest BCUT2D eigenvalue weighted by Gasteiger charge is -2.32. The molecule has 0 saturated carbocycles. The second kappa shape index (κ2) is 3.94. The fourth-order valence-corrected chi connectivity index (χ4v) is 1.19. The Morgan fingerprint density at radius 2 is 2.42 bits per heavy atom. The van der Waals surface area contributed by atoms with Crippen LogP contribution in [0.3, 0.4) is 0 Å². The number of hydrogen-bond donors (Lipinski definition) is 0. The molecule has 12 heavy (non-hydrogen) atoms. The van der Waals surface area contributed by atoms with Crippen molar-refractivity contribution >= 4 is 0 Å². The van der Waals surface area contributed by atoms with Gasteiger partial charge >= 0.3 is 0 Å². The van der Waals surface area contributed by atoms with Crippen molar-refractivity contribution in [3.05, 3.63) is 11.8 Å². The molecule has 0 amide bonds. The lowest BCUT2D eigenvalue weighted by atomic mass is 10.1. The van der Waals surface area contributed by atoms with Crippen molar-refractivity contribution in [3.8, 4) is 0 Å². The highest BCUT2D eigenvalue weighted by atomic mass is 16.7. The Labute approximate surface area is 74.6 Å². The third kappa shape index (κ3) is 2.52. The van der Waals surface area contributed by atoms with Crippen LogP contribution in [-0.2, 0) is 9.47 Å². The van der Waals surface area contributed by atoms with Gasteiger partial charge in [-0.2, -0.15) is 0 Å². The highest BCUT2D eigenvalue weighted by molar-refractivity contribution is 4.98. The Balaban J connectivity index is 2.40. The highest BCUT2D eigenvalue weighted by Gasteiger charge is 2.28. The van der Waals surface area contributed by atoms with Crippen molar-refractivity contribution in [2.75, 3.05) is 6.61 Å². The minimum Gasteiger partial charge on any atom is -0.470 e. The zero-order valence-corrected chi connectivity index (χ0v) is 8.22. The average molecular weight is 170 g/mol. The summed E-state index contributed by atoms with van der Waals surface area (Å²) in [5.74, 6) is -0.366. The molecule has 1 unspecified atom stereocenters. The van der Waals surface area contributed by atoms with Gasteiger partial charge in [0.15, 0.2) is 0 Å². The summed E-state index contributed by atoms with van der Waals surface area (Å²) in [6.07, 6.45) is 4.91. The number of allylic oxidation sites excluding steroid dienone is 1. The van der Waals surface area contributed by atoms with E-state index in [9.17, 15) is 0 Å². The number of rotatable bonds is 3. The molecule has 0 saturated heterocycles. The number of hydrogen-bond acceptors (Lipinski definition) is 2. The maximum Gasteiger partial charge on any atom is 0.207 e. The van der Waals surface area contributed by atoms with Gasteiger partial charge in [0.1, 0.15) is 0 Å². The zero-order chi connectivity index (χ0) is 9.03. The van der Waals surface area contributed by atoms with Crippen LogP contribution in [0.15, 0.2) is 11.8 Å². The number of ether oxygens (including phenoxy) is 2. The van der Waals surface area contributed by atoms with E-state index in [4.69, 9.17) is 9.47 Å². The van der Waals surface area contributed by atoms with Gasteiger partial charge in [0, 0.05) is 13.3 Å². The molecular weight excluding hydrogens is 152 g/mol. The van der Waals surface area contributed by atoms with E-state index in [2.05, 4.69) is 13.8 Å². The molecule has 1 aliphatic heterocycles. The first kappa shape index (κ1) is 9.59. The predicted molar refractivity (Wildman–Crippen MR) is 48.7 cm³/mol. The normalized spacial score (nSPS) is 29.4. The van der Waals surface area contributed by atoms with Crippen LogP contribution in [0, 0.1) is 0 Å². The van der Waals surface area contributed by atoms with Crippen LogP contribution >= 0.6 is 0 Å². The molecule has 1 atom stereocenters. The van der Waals surface area contributed by atoms with Crippen molar-refractivity contribution in [2.45, 2.75) is 45.8 Å². The molecule has 2 heteroatoms. The molecule has 2 nitrogen and oxygen atoms in total. The molecule has 0 bridgehead atoms. The molecule has 70 valence electrons. The molecule has 0 fully saturated rings. The van der Waals surface area contributed by atoms with E-state index in [1.165, 1.54) is 5.57 Å². The van der Waals surface area contributed by atoms with E-state index in [0.717, 1.165) is 25.9 Å². The molecular formula is C10H18O2. The van der Waals surface area contributed by atoms with Gasteiger partial charge in [0.25, 0.3) is 0 Å². The second-order valence-electron chi connectivity index (χ2n) is 3.56. The Morgan fingerprint density at radius 1 is 1.67 bits per heavy atom. The van der Waals surface area contributed by atoms with Crippen LogP contribution < -0.4 is 0 Å². The molecule has 0 aliphatic carbocycles. The molecule has 0 aromatic rings. The van der Waals surface area contributed by atoms with Crippen molar-refractivity contribution in [1.29, 1.82) is 0 Å². The summed E-state index contributed by atoms with van der Waals surface area (Å²) in [6, 6.07) is 0. The molecule has 0 aromatic heterocycles. The van der Waals surface area contributed by atoms with Gasteiger partial charge in [-0.05, 0) is 25.3 Å². The van der Waals surface area contributed by atoms with Gasteiger partial charge in [-0.15, -0.1) is 0 Å². The van der Waals surface area contributed by atoms with Crippen LogP contribution in [0.25, 0.3) is 0 Å². The van der Waals surface area contributed by atoms with Gasteiger partial charge in [0.05, 0.1) is 12.9 Å². The zero-order valence-electron chi connectivity index (χ0n) is 8.22. The van der Waals surface area contributed by atoms with Crippen LogP contribution in [-0.4, -0.2) is 12.4 Å². The summed E-state index contributed by atoms with van der Waals surface area (Å²) in [4.78, 5) is 0. The largest absolute Gasteiger partial charge is 0.470 e. The summed E-state index contributed by atoms with van der Waals surface area (Å²) in [7, 11) is 0. The minimum atomic E-state index is -0.366. The quantitative estimate of drug-likeness (QED) is 0.648. The topological polar surface area (TPSA) is 18.5 Å². The van der Waals surface area contributed by atoms with E-state index in [1.54, 1.807) is 0 Å². The van der Waals surface area contributed by atoms with Gasteiger partial charge in [0.2, 0.25) is 5.79 Å². The maximum atomic E-state index is 5.60. The lowest BCUT2D eigenvalue weighted by molar-refractivity contribution is -0.204. The van der Waals surface area contributed by atoms with Gasteiger partial charge < -0.3 is 9.47 Å². The van der Waals surface area contributed by atoms with E-state index in [0.29, 0.717) is 0 Å². The SMILES string of the molecule is CCCOC1(C)CCC(C)=CO1. The fourth-order valence-electron chi connectivity index (χ4n) is 1.19. The van der Waals surface area contributed by atoms with Crippen molar-refractivity contribution < 1.29 is 9.47 Å². The summed E-state index contributed by atoms with van der Waals surface area (Å²) in [5, 5.41) is 0. The lowest BCUT2D eigenvalue weighted by Crippen LogP contribution is -2.33. The molecule has 1 rings (SSSR count). The van der Waals surface area contributed by atoms with E-state index in [1.807, 2.05) is 13.2 Å². The van der Waals surface area contributed by atoms with E-state index in [-0.39, 0.29) is 5.79 Å². The highest BCUT2D eigenvalue weighted by Crippen LogP contribution is 2.27. The first-order valence-electron chi connectivity index (χ1n) is 4.64. The fraction of sp³-hybridized carbons (Fsp3) is 0.800. The van der Waals surface area contributed by atoms with Crippen LogP contribution in [0.2, 0.25) is 0 Å². The Bertz CT molecular complexity index is 175. The van der Waals surface area contributed by atoms with Crippen LogP contribution in [0.1, 0.15) is 40.0 Å². The van der Waals surface area contributed by atoms with E-state index < -0.39 is 0 Å². The Kier molecular flexibility index (Phi) is 3.15. The Morgan fingerprint density at radius 3 is 2.92 bits per heavy atom. The second-order valence-corrected chi connectivity index (χ2v) is 3.56. The molecule has 0 radical (unpaired) electrons. The molecule has 0 N–H and O–H groups in total. The van der Waals surface area contributed by atoms with Crippen LogP contribution in [0.5, 0.6) is 0 Å². The molecule has 1 aliphatic rings. The molecule has 0 spiro atoms. The summed E-state index contributed by atoms with van der Waals surface area (Å²) >= 11 is 0. The van der Waals surface area contributed by atoms with E-state index >= 15 is 0 Å². The first-order chi connectivity index (χ1) is 5.66. The first-order valence-corrected chi connectivity index (χ1v) is 4.64. The molecule has 1 heterocycles. The summed E-state index contributed by atoms with van der Waals surface area (Å²) in [6.45, 7) is 6.97. The standard InChI is InChI=1S/C10H18O2/c1-4-7-11-10(3)6-5-9(2)8-12-10/h8H,4-7H2,1-3H3. The van der Waals surface area contributed by atoms with Crippen LogP contribution in [0.4, 0.5) is 0 Å². The summed E-state index contributed by atoms with van der Waals surface area (Å²) < 4.78 is 11.1. The monoisotopic (exact) mass is 170 g/mol. The van der Waals surface area contributed by atoms with Gasteiger partial charge in [-0.25, -0.2) is 0 Å². The third-order valence-electron chi connectivity index (χ3n) is 2.09. The smallest absolute Gasteiger partial charge is 0.207 e. The van der Waals surface area contributed by atoms with Crippen molar-refractivity contribution in [2.24, 2.45) is 0 Å². The predicted octanol–water partition coefficient (Wildman–Crippen LogP) is 2.84. The third-order valence-corrected chi connectivity index (χ3v) is 2.09. The molecule has 0 aromatic carbocycles. The maximum absolute atomic E-state index is 5.60. The average Bonchev–Trinajstić information content (AvgIpc) is 2.08. The summed E-state index contributed by atoms with van der Waals surface area (Å²) in [5.41, 5.74) is 1.30. The van der Waals surface area contributed by atoms with Gasteiger partial charge in [-0.1, -0.05) is 6.92 Å². The minimum absolute atomic E-state index is 0.366. The van der Waals surface area contributed by atoms with Gasteiger partial charge in [-0.3, -0.25) is 0 Å². The van der Waals surface area contributed by atoms with Crippen molar-refractivity contribution in [3.63, 3.8) is 0 Å². The Hall–Kier alpha value is -0.500. The van der Waals surface area contributed by atoms with Crippen molar-refractivity contribution in [1.82, 2.24) is 0 Å².